The van der Waals surface area contributed by atoms with Crippen molar-refractivity contribution in [3.8, 4) is 168 Å². The molecule has 0 saturated heterocycles. The van der Waals surface area contributed by atoms with Crippen LogP contribution in [0.25, 0.3) is 168 Å². The third-order valence-electron chi connectivity index (χ3n) is 18.5. The van der Waals surface area contributed by atoms with Gasteiger partial charge in [-0.2, -0.15) is 0 Å². The average molecular weight is 1300 g/mol. The Morgan fingerprint density at radius 3 is 0.471 bits per heavy atom. The van der Waals surface area contributed by atoms with Crippen molar-refractivity contribution in [1.29, 1.82) is 0 Å². The van der Waals surface area contributed by atoms with Crippen LogP contribution in [0.2, 0.25) is 0 Å². The van der Waals surface area contributed by atoms with E-state index in [0.717, 1.165) is 106 Å². The molecule has 0 unspecified atom stereocenters. The first-order valence-corrected chi connectivity index (χ1v) is 34.5. The lowest BCUT2D eigenvalue weighted by Crippen LogP contribution is -1.97. The summed E-state index contributed by atoms with van der Waals surface area (Å²) in [5.41, 5.74) is 30.4. The van der Waals surface area contributed by atoms with Crippen molar-refractivity contribution in [2.24, 2.45) is 0 Å². The zero-order chi connectivity index (χ0) is 68.2. The summed E-state index contributed by atoms with van der Waals surface area (Å²) in [5.74, 6) is 1.37. The Bertz CT molecular complexity index is 5450. The minimum atomic E-state index is 0.679. The van der Waals surface area contributed by atoms with Gasteiger partial charge in [0.1, 0.15) is 0 Å². The Morgan fingerprint density at radius 1 is 0.0980 bits per heavy atom. The molecule has 0 amide bonds. The highest BCUT2D eigenvalue weighted by molar-refractivity contribution is 5.87. The van der Waals surface area contributed by atoms with Crippen molar-refractivity contribution in [2.75, 3.05) is 0 Å². The number of aromatic nitrogens is 4. The van der Waals surface area contributed by atoms with Gasteiger partial charge in [0.05, 0.1) is 22.8 Å². The monoisotopic (exact) mass is 1300 g/mol. The maximum Gasteiger partial charge on any atom is 0.160 e. The lowest BCUT2D eigenvalue weighted by atomic mass is 9.92. The molecule has 0 N–H and O–H groups in total. The van der Waals surface area contributed by atoms with Crippen LogP contribution in [-0.2, 0) is 0 Å². The zero-order valence-corrected chi connectivity index (χ0v) is 56.0. The van der Waals surface area contributed by atoms with Gasteiger partial charge >= 0.3 is 0 Å². The summed E-state index contributed by atoms with van der Waals surface area (Å²) in [6.07, 6.45) is 0. The molecule has 4 nitrogen and oxygen atoms in total. The molecule has 0 spiro atoms. The van der Waals surface area contributed by atoms with Gasteiger partial charge in [0.2, 0.25) is 0 Å². The summed E-state index contributed by atoms with van der Waals surface area (Å²) in [6.45, 7) is 0. The maximum absolute atomic E-state index is 5.32. The molecule has 0 bridgehead atoms. The molecule has 0 atom stereocenters. The smallest absolute Gasteiger partial charge is 0.160 e. The summed E-state index contributed by atoms with van der Waals surface area (Å²) in [4.78, 5) is 21.0. The normalized spacial score (nSPS) is 10.9. The Morgan fingerprint density at radius 2 is 0.245 bits per heavy atom. The number of hydrogen-bond donors (Lipinski definition) is 0. The molecule has 2 aromatic heterocycles. The minimum Gasteiger partial charge on any atom is -0.228 e. The van der Waals surface area contributed by atoms with E-state index < -0.39 is 0 Å². The van der Waals surface area contributed by atoms with Crippen molar-refractivity contribution in [2.45, 2.75) is 0 Å². The molecular weight excluding hydrogens is 1230 g/mol. The van der Waals surface area contributed by atoms with Gasteiger partial charge in [-0.1, -0.05) is 334 Å². The van der Waals surface area contributed by atoms with E-state index in [1.54, 1.807) is 0 Å². The fourth-order valence-corrected chi connectivity index (χ4v) is 13.3. The molecular formula is C98H68N4. The number of nitrogens with zero attached hydrogens (tertiary/aromatic N) is 4. The van der Waals surface area contributed by atoms with Gasteiger partial charge < -0.3 is 0 Å². The highest BCUT2D eigenvalue weighted by atomic mass is 14.9. The second-order valence-electron chi connectivity index (χ2n) is 25.4. The molecule has 480 valence electrons. The van der Waals surface area contributed by atoms with Crippen LogP contribution in [0, 0.1) is 0 Å². The molecule has 17 rings (SSSR count). The molecule has 0 saturated carbocycles. The van der Waals surface area contributed by atoms with Gasteiger partial charge in [-0.15, -0.1) is 0 Å². The molecule has 15 aromatic carbocycles. The lowest BCUT2D eigenvalue weighted by molar-refractivity contribution is 1.18. The lowest BCUT2D eigenvalue weighted by Gasteiger charge is -2.14. The number of rotatable bonds is 15. The van der Waals surface area contributed by atoms with Crippen LogP contribution in [0.15, 0.2) is 413 Å². The van der Waals surface area contributed by atoms with Crippen molar-refractivity contribution < 1.29 is 0 Å². The standard InChI is InChI=1S/C52H36N2.C46H32N2/c1-5-16-37(17-6-1)41-24-13-27-44(30-41)47-33-48(45-28-14-25-42(31-45)38-18-7-2-8-19-38)35-49(34-47)52-53-50(40-22-11-4-12-23-40)36-51(54-52)46-29-15-26-43(32-46)39-20-9-3-10-21-39;1-5-15-33(16-6-1)37-23-13-25-39(27-37)41-29-42(40-26-14-24-38(28-40)34-17-7-2-8-18-34)31-43(30-41)46-47-44(35-19-9-3-10-20-35)32-45(48-46)36-21-11-4-12-22-36/h1-36H;1-32H. The Hall–Kier alpha value is -13.5. The largest absolute Gasteiger partial charge is 0.228 e. The van der Waals surface area contributed by atoms with Gasteiger partial charge in [-0.25, -0.2) is 19.9 Å². The highest BCUT2D eigenvalue weighted by Crippen LogP contribution is 2.40. The number of benzene rings is 15. The van der Waals surface area contributed by atoms with Gasteiger partial charge in [-0.3, -0.25) is 0 Å². The van der Waals surface area contributed by atoms with E-state index in [9.17, 15) is 0 Å². The Kier molecular flexibility index (Phi) is 18.4. The van der Waals surface area contributed by atoms with E-state index in [2.05, 4.69) is 394 Å². The second-order valence-corrected chi connectivity index (χ2v) is 25.4. The first-order chi connectivity index (χ1) is 50.5. The molecule has 0 aliphatic carbocycles. The summed E-state index contributed by atoms with van der Waals surface area (Å²) in [5, 5.41) is 0. The molecule has 0 fully saturated rings. The molecule has 0 aliphatic heterocycles. The molecule has 17 aromatic rings. The third kappa shape index (κ3) is 14.5. The summed E-state index contributed by atoms with van der Waals surface area (Å²) < 4.78 is 0. The quantitative estimate of drug-likeness (QED) is 0.103. The van der Waals surface area contributed by atoms with E-state index in [0.29, 0.717) is 11.6 Å². The number of hydrogen-bond acceptors (Lipinski definition) is 4. The predicted octanol–water partition coefficient (Wildman–Crippen LogP) is 26.0. The molecule has 102 heavy (non-hydrogen) atoms. The van der Waals surface area contributed by atoms with Crippen LogP contribution >= 0.6 is 0 Å². The Balaban J connectivity index is 0.000000159. The van der Waals surface area contributed by atoms with Gasteiger partial charge in [0, 0.05) is 33.4 Å². The molecule has 0 radical (unpaired) electrons. The van der Waals surface area contributed by atoms with E-state index in [1.165, 1.54) is 50.1 Å². The van der Waals surface area contributed by atoms with Crippen LogP contribution in [0.4, 0.5) is 0 Å². The molecule has 4 heteroatoms. The first-order valence-electron chi connectivity index (χ1n) is 34.5. The van der Waals surface area contributed by atoms with Crippen LogP contribution < -0.4 is 0 Å². The average Bonchev–Trinajstić information content (AvgIpc) is 0.786. The van der Waals surface area contributed by atoms with E-state index in [-0.39, 0.29) is 0 Å². The van der Waals surface area contributed by atoms with Crippen molar-refractivity contribution >= 4 is 0 Å². The van der Waals surface area contributed by atoms with Crippen molar-refractivity contribution in [3.63, 3.8) is 0 Å². The van der Waals surface area contributed by atoms with Gasteiger partial charge in [-0.05, 0) is 179 Å². The summed E-state index contributed by atoms with van der Waals surface area (Å²) in [7, 11) is 0. The van der Waals surface area contributed by atoms with E-state index in [4.69, 9.17) is 19.9 Å². The van der Waals surface area contributed by atoms with Crippen LogP contribution in [0.1, 0.15) is 0 Å². The van der Waals surface area contributed by atoms with Gasteiger partial charge in [0.25, 0.3) is 0 Å². The Labute approximate surface area is 596 Å². The van der Waals surface area contributed by atoms with Crippen molar-refractivity contribution in [3.05, 3.63) is 413 Å². The summed E-state index contributed by atoms with van der Waals surface area (Å²) in [6, 6.07) is 145. The van der Waals surface area contributed by atoms with E-state index >= 15 is 0 Å². The molecule has 2 heterocycles. The van der Waals surface area contributed by atoms with Crippen molar-refractivity contribution in [1.82, 2.24) is 19.9 Å². The highest BCUT2D eigenvalue weighted by Gasteiger charge is 2.18. The fourth-order valence-electron chi connectivity index (χ4n) is 13.3. The maximum atomic E-state index is 5.32. The van der Waals surface area contributed by atoms with Crippen LogP contribution in [0.3, 0.4) is 0 Å². The fraction of sp³-hybridized carbons (Fsp3) is 0. The second kappa shape index (κ2) is 29.7. The first kappa shape index (κ1) is 63.2. The zero-order valence-electron chi connectivity index (χ0n) is 56.0. The SMILES string of the molecule is c1ccc(-c2cccc(-c3cc(-c4cccc(-c5ccccc5)c4)cc(-c4nc(-c5ccccc5)cc(-c5cccc(-c6ccccc6)c5)n4)c3)c2)cc1.c1ccc(-c2cccc(-c3cc(-c4cccc(-c5ccccc5)c4)cc(-c4nc(-c5ccccc5)cc(-c5ccccc5)n4)c3)c2)cc1. The van der Waals surface area contributed by atoms with Crippen LogP contribution in [-0.4, -0.2) is 19.9 Å². The minimum absolute atomic E-state index is 0.679. The molecule has 0 aliphatic rings. The third-order valence-corrected chi connectivity index (χ3v) is 18.5. The van der Waals surface area contributed by atoms with Crippen LogP contribution in [0.5, 0.6) is 0 Å². The van der Waals surface area contributed by atoms with Gasteiger partial charge in [0.15, 0.2) is 11.6 Å². The van der Waals surface area contributed by atoms with E-state index in [1.807, 2.05) is 18.2 Å². The predicted molar refractivity (Wildman–Crippen MR) is 426 cm³/mol. The topological polar surface area (TPSA) is 51.6 Å². The summed E-state index contributed by atoms with van der Waals surface area (Å²) >= 11 is 0.